The molecule has 98 valence electrons. The highest BCUT2D eigenvalue weighted by Gasteiger charge is 2.36. The van der Waals surface area contributed by atoms with Gasteiger partial charge in [0.1, 0.15) is 11.9 Å². The van der Waals surface area contributed by atoms with Crippen LogP contribution in [0.15, 0.2) is 12.3 Å². The molecule has 18 heavy (non-hydrogen) atoms. The lowest BCUT2D eigenvalue weighted by molar-refractivity contribution is -0.0588. The molecule has 0 atom stereocenters. The topological polar surface area (TPSA) is 35.0 Å². The molecule has 2 saturated carbocycles. The summed E-state index contributed by atoms with van der Waals surface area (Å²) < 4.78 is 31.7. The molecule has 1 aromatic heterocycles. The van der Waals surface area contributed by atoms with Gasteiger partial charge in [-0.1, -0.05) is 0 Å². The van der Waals surface area contributed by atoms with Gasteiger partial charge < -0.3 is 4.74 Å². The third-order valence-electron chi connectivity index (χ3n) is 3.54. The Morgan fingerprint density at radius 1 is 1.17 bits per heavy atom. The summed E-state index contributed by atoms with van der Waals surface area (Å²) >= 11 is 0. The van der Waals surface area contributed by atoms with Crippen molar-refractivity contribution in [1.29, 1.82) is 0 Å². The van der Waals surface area contributed by atoms with E-state index in [-0.39, 0.29) is 18.9 Å². The van der Waals surface area contributed by atoms with Crippen molar-refractivity contribution in [2.24, 2.45) is 0 Å². The van der Waals surface area contributed by atoms with Crippen LogP contribution in [0.4, 0.5) is 8.78 Å². The molecule has 3 rings (SSSR count). The first-order valence-electron chi connectivity index (χ1n) is 6.50. The lowest BCUT2D eigenvalue weighted by Gasteiger charge is -2.28. The van der Waals surface area contributed by atoms with Gasteiger partial charge in [0.2, 0.25) is 11.8 Å². The number of nitrogens with zero attached hydrogens (tertiary/aromatic N) is 2. The van der Waals surface area contributed by atoms with E-state index in [1.165, 1.54) is 0 Å². The summed E-state index contributed by atoms with van der Waals surface area (Å²) in [4.78, 5) is 8.55. The minimum atomic E-state index is -2.51. The Hall–Kier alpha value is -1.26. The summed E-state index contributed by atoms with van der Waals surface area (Å²) in [6.45, 7) is 0. The highest BCUT2D eigenvalue weighted by atomic mass is 19.3. The second-order valence-corrected chi connectivity index (χ2v) is 5.20. The molecule has 0 unspecified atom stereocenters. The van der Waals surface area contributed by atoms with E-state index in [2.05, 4.69) is 9.97 Å². The normalized spacial score (nSPS) is 23.9. The van der Waals surface area contributed by atoms with Crippen LogP contribution in [0, 0.1) is 0 Å². The molecule has 0 spiro atoms. The average Bonchev–Trinajstić information content (AvgIpc) is 3.16. The molecule has 0 amide bonds. The third kappa shape index (κ3) is 2.76. The van der Waals surface area contributed by atoms with Crippen LogP contribution in [0.25, 0.3) is 0 Å². The second kappa shape index (κ2) is 4.44. The zero-order chi connectivity index (χ0) is 12.6. The SMILES string of the molecule is FC1(F)CCC(Oc2ccnc(C3CC3)n2)CC1. The first-order chi connectivity index (χ1) is 8.62. The number of ether oxygens (including phenoxy) is 1. The monoisotopic (exact) mass is 254 g/mol. The van der Waals surface area contributed by atoms with Gasteiger partial charge in [0, 0.05) is 31.0 Å². The summed E-state index contributed by atoms with van der Waals surface area (Å²) in [5.74, 6) is -0.676. The van der Waals surface area contributed by atoms with Crippen LogP contribution in [0.1, 0.15) is 50.3 Å². The fourth-order valence-corrected chi connectivity index (χ4v) is 2.26. The Balaban J connectivity index is 1.61. The maximum atomic E-state index is 13.0. The molecular weight excluding hydrogens is 238 g/mol. The third-order valence-corrected chi connectivity index (χ3v) is 3.54. The van der Waals surface area contributed by atoms with Crippen molar-refractivity contribution in [2.45, 2.75) is 56.5 Å². The average molecular weight is 254 g/mol. The Morgan fingerprint density at radius 2 is 1.89 bits per heavy atom. The molecule has 1 aromatic rings. The van der Waals surface area contributed by atoms with E-state index in [9.17, 15) is 8.78 Å². The number of halogens is 2. The molecule has 3 nitrogen and oxygen atoms in total. The summed E-state index contributed by atoms with van der Waals surface area (Å²) in [6.07, 6.45) is 4.46. The number of hydrogen-bond donors (Lipinski definition) is 0. The van der Waals surface area contributed by atoms with Crippen molar-refractivity contribution < 1.29 is 13.5 Å². The quantitative estimate of drug-likeness (QED) is 0.830. The van der Waals surface area contributed by atoms with Gasteiger partial charge in [-0.2, -0.15) is 4.98 Å². The van der Waals surface area contributed by atoms with Gasteiger partial charge >= 0.3 is 0 Å². The van der Waals surface area contributed by atoms with Crippen LogP contribution >= 0.6 is 0 Å². The van der Waals surface area contributed by atoms with E-state index in [0.29, 0.717) is 24.6 Å². The van der Waals surface area contributed by atoms with Crippen molar-refractivity contribution in [3.05, 3.63) is 18.1 Å². The Kier molecular flexibility index (Phi) is 2.92. The van der Waals surface area contributed by atoms with Crippen LogP contribution in [0.5, 0.6) is 5.88 Å². The van der Waals surface area contributed by atoms with Gasteiger partial charge in [-0.15, -0.1) is 0 Å². The minimum Gasteiger partial charge on any atom is -0.474 e. The van der Waals surface area contributed by atoms with E-state index >= 15 is 0 Å². The predicted molar refractivity (Wildman–Crippen MR) is 61.8 cm³/mol. The van der Waals surface area contributed by atoms with Crippen molar-refractivity contribution in [2.75, 3.05) is 0 Å². The molecular formula is C13H16F2N2O. The van der Waals surface area contributed by atoms with Crippen molar-refractivity contribution in [1.82, 2.24) is 9.97 Å². The molecule has 2 fully saturated rings. The lowest BCUT2D eigenvalue weighted by Crippen LogP contribution is -2.31. The number of rotatable bonds is 3. The molecule has 1 heterocycles. The maximum absolute atomic E-state index is 13.0. The number of hydrogen-bond acceptors (Lipinski definition) is 3. The molecule has 0 saturated heterocycles. The fourth-order valence-electron chi connectivity index (χ4n) is 2.26. The van der Waals surface area contributed by atoms with Crippen LogP contribution in [0.2, 0.25) is 0 Å². The number of alkyl halides is 2. The van der Waals surface area contributed by atoms with Gasteiger partial charge in [-0.3, -0.25) is 0 Å². The van der Waals surface area contributed by atoms with Gasteiger partial charge in [0.15, 0.2) is 0 Å². The standard InChI is InChI=1S/C13H16F2N2O/c14-13(15)6-3-10(4-7-13)18-11-5-8-16-12(17-11)9-1-2-9/h5,8-10H,1-4,6-7H2. The van der Waals surface area contributed by atoms with E-state index in [1.54, 1.807) is 12.3 Å². The Labute approximate surface area is 105 Å². The van der Waals surface area contributed by atoms with Gasteiger partial charge in [-0.05, 0) is 25.7 Å². The van der Waals surface area contributed by atoms with E-state index in [0.717, 1.165) is 18.7 Å². The smallest absolute Gasteiger partial charge is 0.248 e. The molecule has 0 N–H and O–H groups in total. The maximum Gasteiger partial charge on any atom is 0.248 e. The van der Waals surface area contributed by atoms with Gasteiger partial charge in [-0.25, -0.2) is 13.8 Å². The number of aromatic nitrogens is 2. The van der Waals surface area contributed by atoms with Crippen molar-refractivity contribution >= 4 is 0 Å². The Morgan fingerprint density at radius 3 is 2.56 bits per heavy atom. The van der Waals surface area contributed by atoms with Gasteiger partial charge in [0.05, 0.1) is 0 Å². The molecule has 0 aliphatic heterocycles. The van der Waals surface area contributed by atoms with E-state index < -0.39 is 5.92 Å². The predicted octanol–water partition coefficient (Wildman–Crippen LogP) is 3.31. The lowest BCUT2D eigenvalue weighted by atomic mass is 9.94. The first kappa shape index (κ1) is 11.8. The summed E-state index contributed by atoms with van der Waals surface area (Å²) in [6, 6.07) is 1.71. The molecule has 0 bridgehead atoms. The van der Waals surface area contributed by atoms with Crippen molar-refractivity contribution in [3.8, 4) is 5.88 Å². The highest BCUT2D eigenvalue weighted by Crippen LogP contribution is 2.38. The zero-order valence-corrected chi connectivity index (χ0v) is 10.1. The van der Waals surface area contributed by atoms with E-state index in [1.807, 2.05) is 0 Å². The highest BCUT2D eigenvalue weighted by molar-refractivity contribution is 5.14. The fraction of sp³-hybridized carbons (Fsp3) is 0.692. The second-order valence-electron chi connectivity index (χ2n) is 5.20. The Bertz CT molecular complexity index is 425. The van der Waals surface area contributed by atoms with Crippen LogP contribution in [-0.2, 0) is 0 Å². The molecule has 0 aromatic carbocycles. The van der Waals surface area contributed by atoms with E-state index in [4.69, 9.17) is 4.74 Å². The summed E-state index contributed by atoms with van der Waals surface area (Å²) in [7, 11) is 0. The molecule has 5 heteroatoms. The molecule has 0 radical (unpaired) electrons. The van der Waals surface area contributed by atoms with Crippen LogP contribution in [-0.4, -0.2) is 22.0 Å². The largest absolute Gasteiger partial charge is 0.474 e. The van der Waals surface area contributed by atoms with Crippen molar-refractivity contribution in [3.63, 3.8) is 0 Å². The van der Waals surface area contributed by atoms with Crippen LogP contribution < -0.4 is 4.74 Å². The van der Waals surface area contributed by atoms with Gasteiger partial charge in [0.25, 0.3) is 0 Å². The zero-order valence-electron chi connectivity index (χ0n) is 10.1. The van der Waals surface area contributed by atoms with Crippen LogP contribution in [0.3, 0.4) is 0 Å². The first-order valence-corrected chi connectivity index (χ1v) is 6.50. The minimum absolute atomic E-state index is 0.0851. The summed E-state index contributed by atoms with van der Waals surface area (Å²) in [5, 5.41) is 0. The molecule has 2 aliphatic rings. The summed E-state index contributed by atoms with van der Waals surface area (Å²) in [5.41, 5.74) is 0. The molecule has 2 aliphatic carbocycles.